The lowest BCUT2D eigenvalue weighted by Crippen LogP contribution is -2.16. The topological polar surface area (TPSA) is 64.1 Å². The monoisotopic (exact) mass is 289 g/mol. The molecule has 0 spiro atoms. The van der Waals surface area contributed by atoms with Crippen molar-refractivity contribution >= 4 is 17.3 Å². The maximum atomic E-state index is 11.4. The highest BCUT2D eigenvalue weighted by Crippen LogP contribution is 2.28. The molecule has 0 amide bonds. The summed E-state index contributed by atoms with van der Waals surface area (Å²) in [7, 11) is 1.36. The van der Waals surface area contributed by atoms with E-state index in [2.05, 4.69) is 20.0 Å². The summed E-state index contributed by atoms with van der Waals surface area (Å²) in [4.78, 5) is 21.7. The molecule has 0 fully saturated rings. The number of methoxy groups -OCH3 is 1. The highest BCUT2D eigenvalue weighted by atomic mass is 32.1. The zero-order valence-electron chi connectivity index (χ0n) is 11.2. The van der Waals surface area contributed by atoms with Crippen LogP contribution in [0.5, 0.6) is 0 Å². The van der Waals surface area contributed by atoms with Crippen molar-refractivity contribution in [3.05, 3.63) is 34.5 Å². The molecule has 20 heavy (non-hydrogen) atoms. The lowest BCUT2D eigenvalue weighted by Gasteiger charge is -2.00. The number of nitrogens with one attached hydrogen (secondary N) is 1. The van der Waals surface area contributed by atoms with Crippen LogP contribution in [0.2, 0.25) is 0 Å². The molecular formula is C14H15N3O2S. The smallest absolute Gasteiger partial charge is 0.339 e. The van der Waals surface area contributed by atoms with Crippen LogP contribution in [-0.4, -0.2) is 36.1 Å². The number of hydrogen-bond donors (Lipinski definition) is 1. The highest BCUT2D eigenvalue weighted by molar-refractivity contribution is 7.15. The number of hydrogen-bond acceptors (Lipinski definition) is 6. The van der Waals surface area contributed by atoms with Crippen molar-refractivity contribution in [2.75, 3.05) is 20.2 Å². The van der Waals surface area contributed by atoms with Crippen molar-refractivity contribution in [1.29, 1.82) is 0 Å². The quantitative estimate of drug-likeness (QED) is 0.852. The number of rotatable bonds is 2. The van der Waals surface area contributed by atoms with Crippen molar-refractivity contribution < 1.29 is 9.53 Å². The molecule has 0 unspecified atom stereocenters. The summed E-state index contributed by atoms with van der Waals surface area (Å²) in [6.45, 7) is 1.98. The van der Waals surface area contributed by atoms with E-state index in [1.807, 2.05) is 6.07 Å². The van der Waals surface area contributed by atoms with E-state index in [4.69, 9.17) is 0 Å². The predicted molar refractivity (Wildman–Crippen MR) is 77.0 cm³/mol. The van der Waals surface area contributed by atoms with Crippen LogP contribution in [0.4, 0.5) is 0 Å². The van der Waals surface area contributed by atoms with E-state index in [0.29, 0.717) is 5.56 Å². The van der Waals surface area contributed by atoms with Gasteiger partial charge in [0, 0.05) is 30.6 Å². The van der Waals surface area contributed by atoms with Crippen molar-refractivity contribution in [1.82, 2.24) is 15.3 Å². The molecule has 0 radical (unpaired) electrons. The predicted octanol–water partition coefficient (Wildman–Crippen LogP) is 1.68. The number of fused-ring (bicyclic) bond motifs is 1. The average molecular weight is 289 g/mol. The fraction of sp³-hybridized carbons (Fsp3) is 0.357. The number of aromatic nitrogens is 2. The van der Waals surface area contributed by atoms with Gasteiger partial charge in [-0.2, -0.15) is 0 Å². The molecule has 0 bridgehead atoms. The molecule has 1 aliphatic rings. The Morgan fingerprint density at radius 1 is 1.35 bits per heavy atom. The molecule has 0 aromatic carbocycles. The van der Waals surface area contributed by atoms with Crippen LogP contribution < -0.4 is 5.32 Å². The van der Waals surface area contributed by atoms with Crippen LogP contribution >= 0.6 is 11.3 Å². The van der Waals surface area contributed by atoms with Crippen molar-refractivity contribution in [3.8, 4) is 10.7 Å². The molecule has 0 aliphatic carbocycles. The van der Waals surface area contributed by atoms with E-state index in [1.54, 1.807) is 17.4 Å². The van der Waals surface area contributed by atoms with E-state index >= 15 is 0 Å². The van der Waals surface area contributed by atoms with Gasteiger partial charge < -0.3 is 10.1 Å². The van der Waals surface area contributed by atoms with Gasteiger partial charge >= 0.3 is 5.97 Å². The Bertz CT molecular complexity index is 598. The molecule has 3 heterocycles. The number of nitrogens with zero attached hydrogens (tertiary/aromatic N) is 2. The Balaban J connectivity index is 1.87. The largest absolute Gasteiger partial charge is 0.465 e. The summed E-state index contributed by atoms with van der Waals surface area (Å²) in [6.07, 6.45) is 3.52. The zero-order valence-corrected chi connectivity index (χ0v) is 12.0. The van der Waals surface area contributed by atoms with Gasteiger partial charge in [0.15, 0.2) is 0 Å². The van der Waals surface area contributed by atoms with Gasteiger partial charge in [-0.25, -0.2) is 9.78 Å². The number of pyridine rings is 1. The number of thiazole rings is 1. The van der Waals surface area contributed by atoms with E-state index in [9.17, 15) is 4.79 Å². The Kier molecular flexibility index (Phi) is 3.75. The molecule has 5 nitrogen and oxygen atoms in total. The normalized spacial score (nSPS) is 14.4. The van der Waals surface area contributed by atoms with E-state index in [-0.39, 0.29) is 5.97 Å². The molecular weight excluding hydrogens is 274 g/mol. The Hall–Kier alpha value is -1.79. The van der Waals surface area contributed by atoms with Gasteiger partial charge in [-0.3, -0.25) is 4.98 Å². The van der Waals surface area contributed by atoms with Gasteiger partial charge in [-0.1, -0.05) is 0 Å². The van der Waals surface area contributed by atoms with E-state index < -0.39 is 0 Å². The third-order valence-corrected chi connectivity index (χ3v) is 4.43. The molecule has 0 saturated carbocycles. The Morgan fingerprint density at radius 3 is 2.95 bits per heavy atom. The second-order valence-corrected chi connectivity index (χ2v) is 5.65. The lowest BCUT2D eigenvalue weighted by molar-refractivity contribution is 0.0600. The van der Waals surface area contributed by atoms with Crippen LogP contribution in [0.1, 0.15) is 20.9 Å². The van der Waals surface area contributed by atoms with Gasteiger partial charge in [0.1, 0.15) is 5.01 Å². The first-order valence-corrected chi connectivity index (χ1v) is 7.33. The highest BCUT2D eigenvalue weighted by Gasteiger charge is 2.15. The Labute approximate surface area is 121 Å². The zero-order chi connectivity index (χ0) is 13.9. The van der Waals surface area contributed by atoms with Gasteiger partial charge in [0.2, 0.25) is 0 Å². The summed E-state index contributed by atoms with van der Waals surface area (Å²) >= 11 is 1.69. The molecule has 1 aliphatic heterocycles. The average Bonchev–Trinajstić information content (AvgIpc) is 2.77. The second kappa shape index (κ2) is 5.68. The SMILES string of the molecule is COC(=O)c1ccc(-c2nc3c(s2)CCNCC3)nc1. The molecule has 2 aromatic rings. The van der Waals surface area contributed by atoms with Gasteiger partial charge in [-0.05, 0) is 18.6 Å². The van der Waals surface area contributed by atoms with E-state index in [1.165, 1.54) is 23.9 Å². The van der Waals surface area contributed by atoms with Crippen molar-refractivity contribution in [2.45, 2.75) is 12.8 Å². The first-order chi connectivity index (χ1) is 9.78. The van der Waals surface area contributed by atoms with Crippen molar-refractivity contribution in [3.63, 3.8) is 0 Å². The third-order valence-electron chi connectivity index (χ3n) is 3.25. The summed E-state index contributed by atoms with van der Waals surface area (Å²) in [5, 5.41) is 4.29. The van der Waals surface area contributed by atoms with Crippen LogP contribution in [-0.2, 0) is 17.6 Å². The van der Waals surface area contributed by atoms with Crippen LogP contribution in [0.15, 0.2) is 18.3 Å². The van der Waals surface area contributed by atoms with Crippen molar-refractivity contribution in [2.24, 2.45) is 0 Å². The van der Waals surface area contributed by atoms with E-state index in [0.717, 1.165) is 36.6 Å². The molecule has 1 N–H and O–H groups in total. The summed E-state index contributed by atoms with van der Waals surface area (Å²) in [6, 6.07) is 3.55. The third kappa shape index (κ3) is 2.57. The first kappa shape index (κ1) is 13.2. The number of esters is 1. The minimum Gasteiger partial charge on any atom is -0.465 e. The molecule has 104 valence electrons. The molecule has 0 atom stereocenters. The number of carbonyl (C=O) groups is 1. The van der Waals surface area contributed by atoms with Gasteiger partial charge in [0.25, 0.3) is 0 Å². The van der Waals surface area contributed by atoms with Crippen LogP contribution in [0, 0.1) is 0 Å². The summed E-state index contributed by atoms with van der Waals surface area (Å²) < 4.78 is 4.66. The summed E-state index contributed by atoms with van der Waals surface area (Å²) in [5.41, 5.74) is 2.44. The first-order valence-electron chi connectivity index (χ1n) is 6.52. The van der Waals surface area contributed by atoms with Gasteiger partial charge in [-0.15, -0.1) is 11.3 Å². The van der Waals surface area contributed by atoms with Gasteiger partial charge in [0.05, 0.1) is 24.1 Å². The second-order valence-electron chi connectivity index (χ2n) is 4.56. The summed E-state index contributed by atoms with van der Waals surface area (Å²) in [5.74, 6) is -0.370. The molecule has 2 aromatic heterocycles. The maximum Gasteiger partial charge on any atom is 0.339 e. The minimum absolute atomic E-state index is 0.370. The standard InChI is InChI=1S/C14H15N3O2S/c1-19-14(18)9-2-3-11(16-8-9)13-17-10-4-6-15-7-5-12(10)20-13/h2-3,8,15H,4-7H2,1H3. The van der Waals surface area contributed by atoms with Crippen LogP contribution in [0.25, 0.3) is 10.7 Å². The van der Waals surface area contributed by atoms with Crippen LogP contribution in [0.3, 0.4) is 0 Å². The fourth-order valence-corrected chi connectivity index (χ4v) is 3.26. The lowest BCUT2D eigenvalue weighted by atomic mass is 10.2. The number of ether oxygens (including phenoxy) is 1. The minimum atomic E-state index is -0.370. The number of carbonyl (C=O) groups excluding carboxylic acids is 1. The molecule has 0 saturated heterocycles. The maximum absolute atomic E-state index is 11.4. The molecule has 3 rings (SSSR count). The Morgan fingerprint density at radius 2 is 2.20 bits per heavy atom. The fourth-order valence-electron chi connectivity index (χ4n) is 2.18. The molecule has 6 heteroatoms.